The van der Waals surface area contributed by atoms with Crippen molar-refractivity contribution in [1.82, 2.24) is 9.97 Å². The van der Waals surface area contributed by atoms with Crippen molar-refractivity contribution in [2.24, 2.45) is 0 Å². The van der Waals surface area contributed by atoms with Gasteiger partial charge >= 0.3 is 0 Å². The van der Waals surface area contributed by atoms with Crippen LogP contribution < -0.4 is 0 Å². The maximum atomic E-state index is 5.33. The van der Waals surface area contributed by atoms with Gasteiger partial charge in [0.25, 0.3) is 0 Å². The molecule has 0 atom stereocenters. The molecule has 0 spiro atoms. The van der Waals surface area contributed by atoms with E-state index in [1.807, 2.05) is 24.3 Å². The Morgan fingerprint density at radius 1 is 0.250 bits per heavy atom. The first-order valence-corrected chi connectivity index (χ1v) is 19.1. The number of fused-ring (bicyclic) bond motifs is 2. The molecular formula is C54H36N2. The first-order valence-electron chi connectivity index (χ1n) is 19.1. The molecule has 2 nitrogen and oxygen atoms in total. The Morgan fingerprint density at radius 2 is 0.643 bits per heavy atom. The largest absolute Gasteiger partial charge is 0.227 e. The lowest BCUT2D eigenvalue weighted by atomic mass is 9.89. The number of benzene rings is 9. The molecule has 262 valence electrons. The molecule has 0 saturated heterocycles. The SMILES string of the molecule is c1ccc(-c2nc(-c3ccccc3)c(-c3ccccc3)c(-c3ccc(-c4cc(-c5cccc6ccccc56)cc(-c5cccc6ccccc56)c4)cc3)n2)cc1. The van der Waals surface area contributed by atoms with E-state index < -0.39 is 0 Å². The maximum Gasteiger partial charge on any atom is 0.160 e. The molecule has 0 aliphatic heterocycles. The lowest BCUT2D eigenvalue weighted by Gasteiger charge is -2.17. The Bertz CT molecular complexity index is 2880. The Balaban J connectivity index is 1.17. The summed E-state index contributed by atoms with van der Waals surface area (Å²) in [4.78, 5) is 10.6. The molecule has 0 saturated carbocycles. The van der Waals surface area contributed by atoms with E-state index in [9.17, 15) is 0 Å². The predicted molar refractivity (Wildman–Crippen MR) is 235 cm³/mol. The van der Waals surface area contributed by atoms with Crippen LogP contribution in [0.2, 0.25) is 0 Å². The van der Waals surface area contributed by atoms with Crippen LogP contribution in [0.1, 0.15) is 0 Å². The molecule has 10 rings (SSSR count). The van der Waals surface area contributed by atoms with Gasteiger partial charge in [-0.15, -0.1) is 0 Å². The van der Waals surface area contributed by atoms with Gasteiger partial charge < -0.3 is 0 Å². The van der Waals surface area contributed by atoms with Crippen LogP contribution in [0.3, 0.4) is 0 Å². The van der Waals surface area contributed by atoms with Crippen LogP contribution in [-0.2, 0) is 0 Å². The van der Waals surface area contributed by atoms with Crippen LogP contribution in [0.15, 0.2) is 218 Å². The van der Waals surface area contributed by atoms with Gasteiger partial charge in [-0.05, 0) is 78.7 Å². The van der Waals surface area contributed by atoms with E-state index in [2.05, 4.69) is 194 Å². The summed E-state index contributed by atoms with van der Waals surface area (Å²) < 4.78 is 0. The smallest absolute Gasteiger partial charge is 0.160 e. The molecule has 56 heavy (non-hydrogen) atoms. The summed E-state index contributed by atoms with van der Waals surface area (Å²) in [5.41, 5.74) is 14.1. The summed E-state index contributed by atoms with van der Waals surface area (Å²) in [5.74, 6) is 0.700. The molecule has 0 amide bonds. The first kappa shape index (κ1) is 33.2. The van der Waals surface area contributed by atoms with Crippen molar-refractivity contribution in [3.63, 3.8) is 0 Å². The van der Waals surface area contributed by atoms with Crippen LogP contribution in [0, 0.1) is 0 Å². The molecule has 0 radical (unpaired) electrons. The topological polar surface area (TPSA) is 25.8 Å². The summed E-state index contributed by atoms with van der Waals surface area (Å²) in [6.07, 6.45) is 0. The van der Waals surface area contributed by atoms with Crippen LogP contribution >= 0.6 is 0 Å². The Hall–Kier alpha value is -7.42. The van der Waals surface area contributed by atoms with Crippen molar-refractivity contribution < 1.29 is 0 Å². The highest BCUT2D eigenvalue weighted by molar-refractivity contribution is 6.01. The van der Waals surface area contributed by atoms with Crippen molar-refractivity contribution in [1.29, 1.82) is 0 Å². The molecule has 0 aliphatic rings. The molecule has 2 heteroatoms. The zero-order valence-electron chi connectivity index (χ0n) is 30.7. The molecular weight excluding hydrogens is 677 g/mol. The van der Waals surface area contributed by atoms with Crippen LogP contribution in [0.25, 0.3) is 100.0 Å². The highest BCUT2D eigenvalue weighted by Gasteiger charge is 2.20. The van der Waals surface area contributed by atoms with E-state index in [4.69, 9.17) is 9.97 Å². The van der Waals surface area contributed by atoms with Crippen LogP contribution in [-0.4, -0.2) is 9.97 Å². The van der Waals surface area contributed by atoms with Gasteiger partial charge in [0.1, 0.15) is 0 Å². The average Bonchev–Trinajstić information content (AvgIpc) is 3.29. The third-order valence-electron chi connectivity index (χ3n) is 10.7. The zero-order chi connectivity index (χ0) is 37.3. The van der Waals surface area contributed by atoms with E-state index in [1.165, 1.54) is 43.8 Å². The number of hydrogen-bond donors (Lipinski definition) is 0. The Kier molecular flexibility index (Phi) is 8.55. The molecule has 0 aliphatic carbocycles. The van der Waals surface area contributed by atoms with Gasteiger partial charge in [-0.25, -0.2) is 9.97 Å². The first-order chi connectivity index (χ1) is 27.8. The molecule has 0 N–H and O–H groups in total. The van der Waals surface area contributed by atoms with E-state index in [-0.39, 0.29) is 0 Å². The minimum absolute atomic E-state index is 0.700. The number of nitrogens with zero attached hydrogens (tertiary/aromatic N) is 2. The second-order valence-electron chi connectivity index (χ2n) is 14.1. The summed E-state index contributed by atoms with van der Waals surface area (Å²) in [7, 11) is 0. The van der Waals surface area contributed by atoms with Crippen LogP contribution in [0.4, 0.5) is 0 Å². The fraction of sp³-hybridized carbons (Fsp3) is 0. The molecule has 0 unspecified atom stereocenters. The fourth-order valence-corrected chi connectivity index (χ4v) is 7.95. The monoisotopic (exact) mass is 712 g/mol. The van der Waals surface area contributed by atoms with E-state index >= 15 is 0 Å². The summed E-state index contributed by atoms with van der Waals surface area (Å²) >= 11 is 0. The highest BCUT2D eigenvalue weighted by Crippen LogP contribution is 2.42. The summed E-state index contributed by atoms with van der Waals surface area (Å²) in [6, 6.07) is 77.7. The molecule has 1 heterocycles. The number of rotatable bonds is 7. The van der Waals surface area contributed by atoms with Gasteiger partial charge in [-0.3, -0.25) is 0 Å². The molecule has 10 aromatic rings. The van der Waals surface area contributed by atoms with Crippen molar-refractivity contribution in [2.45, 2.75) is 0 Å². The molecule has 1 aromatic heterocycles. The average molecular weight is 713 g/mol. The molecule has 9 aromatic carbocycles. The molecule has 0 fully saturated rings. The normalized spacial score (nSPS) is 11.2. The molecule has 0 bridgehead atoms. The van der Waals surface area contributed by atoms with Gasteiger partial charge in [-0.2, -0.15) is 0 Å². The van der Waals surface area contributed by atoms with E-state index in [0.717, 1.165) is 50.3 Å². The second-order valence-corrected chi connectivity index (χ2v) is 14.1. The van der Waals surface area contributed by atoms with Gasteiger partial charge in [0.05, 0.1) is 11.4 Å². The van der Waals surface area contributed by atoms with Gasteiger partial charge in [0.15, 0.2) is 5.82 Å². The predicted octanol–water partition coefficient (Wildman–Crippen LogP) is 14.5. The van der Waals surface area contributed by atoms with Crippen LogP contribution in [0.5, 0.6) is 0 Å². The Morgan fingerprint density at radius 3 is 1.18 bits per heavy atom. The third-order valence-corrected chi connectivity index (χ3v) is 10.7. The van der Waals surface area contributed by atoms with Gasteiger partial charge in [-0.1, -0.05) is 200 Å². The Labute approximate surface area is 327 Å². The van der Waals surface area contributed by atoms with E-state index in [1.54, 1.807) is 0 Å². The minimum Gasteiger partial charge on any atom is -0.227 e. The standard InChI is InChI=1S/C54H36N2/c1-4-18-40(19-5-1)51-52(41-20-6-2-7-21-41)55-54(43-22-8-3-9-23-43)56-53(51)42-32-30-37(31-33-42)44-34-45(49-28-14-24-38-16-10-12-26-47(38)49)36-46(35-44)50-29-15-25-39-17-11-13-27-48(39)50/h1-36H. The lowest BCUT2D eigenvalue weighted by molar-refractivity contribution is 1.18. The third kappa shape index (κ3) is 6.24. The quantitative estimate of drug-likeness (QED) is 0.164. The minimum atomic E-state index is 0.700. The summed E-state index contributed by atoms with van der Waals surface area (Å²) in [5, 5.41) is 4.95. The van der Waals surface area contributed by atoms with Crippen molar-refractivity contribution >= 4 is 21.5 Å². The highest BCUT2D eigenvalue weighted by atomic mass is 14.9. The van der Waals surface area contributed by atoms with Gasteiger partial charge in [0, 0.05) is 22.3 Å². The maximum absolute atomic E-state index is 5.33. The van der Waals surface area contributed by atoms with Crippen molar-refractivity contribution in [3.05, 3.63) is 218 Å². The van der Waals surface area contributed by atoms with Crippen molar-refractivity contribution in [3.8, 4) is 78.4 Å². The van der Waals surface area contributed by atoms with Crippen molar-refractivity contribution in [2.75, 3.05) is 0 Å². The second kappa shape index (κ2) is 14.4. The van der Waals surface area contributed by atoms with E-state index in [0.29, 0.717) is 5.82 Å². The number of aromatic nitrogens is 2. The summed E-state index contributed by atoms with van der Waals surface area (Å²) in [6.45, 7) is 0. The number of hydrogen-bond acceptors (Lipinski definition) is 2. The fourth-order valence-electron chi connectivity index (χ4n) is 7.95. The van der Waals surface area contributed by atoms with Gasteiger partial charge in [0.2, 0.25) is 0 Å². The zero-order valence-corrected chi connectivity index (χ0v) is 30.7. The lowest BCUT2D eigenvalue weighted by Crippen LogP contribution is -2.00.